The van der Waals surface area contributed by atoms with E-state index in [1.54, 1.807) is 30.3 Å². The third kappa shape index (κ3) is 3.59. The van der Waals surface area contributed by atoms with Gasteiger partial charge in [0, 0.05) is 19.5 Å². The van der Waals surface area contributed by atoms with Gasteiger partial charge in [0.2, 0.25) is 0 Å². The Balaban J connectivity index is 1.81. The van der Waals surface area contributed by atoms with Crippen molar-refractivity contribution < 1.29 is 5.11 Å². The zero-order chi connectivity index (χ0) is 16.2. The molecule has 0 radical (unpaired) electrons. The first-order valence-corrected chi connectivity index (χ1v) is 7.89. The van der Waals surface area contributed by atoms with E-state index in [9.17, 15) is 5.11 Å². The zero-order valence-corrected chi connectivity index (χ0v) is 13.0. The molecule has 1 aromatic heterocycles. The minimum absolute atomic E-state index is 0.203. The summed E-state index contributed by atoms with van der Waals surface area (Å²) in [5.74, 6) is 1.29. The number of nitrogens with one attached hydrogen (secondary N) is 2. The molecule has 6 nitrogen and oxygen atoms in total. The molecule has 0 unspecified atom stereocenters. The van der Waals surface area contributed by atoms with Crippen LogP contribution >= 0.6 is 0 Å². The maximum Gasteiger partial charge on any atom is 0.149 e. The summed E-state index contributed by atoms with van der Waals surface area (Å²) in [5, 5.41) is 30.1. The molecule has 1 aliphatic heterocycles. The van der Waals surface area contributed by atoms with Crippen LogP contribution in [0.2, 0.25) is 0 Å². The van der Waals surface area contributed by atoms with Gasteiger partial charge in [-0.2, -0.15) is 4.68 Å². The largest absolute Gasteiger partial charge is 0.508 e. The van der Waals surface area contributed by atoms with Crippen LogP contribution in [0, 0.1) is 10.8 Å². The molecule has 1 aliphatic rings. The number of aromatic hydroxyl groups is 1. The van der Waals surface area contributed by atoms with Crippen molar-refractivity contribution in [1.82, 2.24) is 9.78 Å². The molecule has 1 fully saturated rings. The topological polar surface area (TPSA) is 89.0 Å². The van der Waals surface area contributed by atoms with Crippen LogP contribution in [0.4, 0.5) is 5.82 Å². The molecule has 23 heavy (non-hydrogen) atoms. The molecule has 1 saturated heterocycles. The SMILES string of the molecule is N=C(Cc1ccc(O)cc1)n1nc(N2CCCCC2)ccc1=N. The highest BCUT2D eigenvalue weighted by atomic mass is 16.3. The van der Waals surface area contributed by atoms with Crippen molar-refractivity contribution in [3.05, 3.63) is 47.4 Å². The van der Waals surface area contributed by atoms with Crippen molar-refractivity contribution in [3.63, 3.8) is 0 Å². The van der Waals surface area contributed by atoms with Crippen LogP contribution in [0.25, 0.3) is 0 Å². The summed E-state index contributed by atoms with van der Waals surface area (Å²) in [6.45, 7) is 1.96. The standard InChI is InChI=1S/C17H21N5O/c18-15-8-9-17(21-10-2-1-3-11-21)20-22(15)16(19)12-13-4-6-14(23)7-5-13/h4-9,18-19,23H,1-3,10-12H2. The molecule has 2 heterocycles. The van der Waals surface area contributed by atoms with E-state index < -0.39 is 0 Å². The maximum absolute atomic E-state index is 9.33. The molecule has 0 bridgehead atoms. The highest BCUT2D eigenvalue weighted by Crippen LogP contribution is 2.16. The number of hydrogen-bond acceptors (Lipinski definition) is 5. The van der Waals surface area contributed by atoms with Crippen molar-refractivity contribution in [2.24, 2.45) is 0 Å². The average Bonchev–Trinajstić information content (AvgIpc) is 2.58. The van der Waals surface area contributed by atoms with Gasteiger partial charge in [-0.05, 0) is 49.1 Å². The summed E-state index contributed by atoms with van der Waals surface area (Å²) >= 11 is 0. The molecule has 0 amide bonds. The van der Waals surface area contributed by atoms with Gasteiger partial charge in [0.1, 0.15) is 22.9 Å². The van der Waals surface area contributed by atoms with E-state index in [4.69, 9.17) is 10.8 Å². The number of aromatic nitrogens is 2. The highest BCUT2D eigenvalue weighted by Gasteiger charge is 2.14. The lowest BCUT2D eigenvalue weighted by molar-refractivity contribution is 0.475. The quantitative estimate of drug-likeness (QED) is 0.599. The van der Waals surface area contributed by atoms with Crippen LogP contribution < -0.4 is 10.4 Å². The van der Waals surface area contributed by atoms with Gasteiger partial charge in [-0.3, -0.25) is 10.8 Å². The lowest BCUT2D eigenvalue weighted by Crippen LogP contribution is -2.35. The summed E-state index contributed by atoms with van der Waals surface area (Å²) in [5.41, 5.74) is 1.11. The molecule has 6 heteroatoms. The monoisotopic (exact) mass is 311 g/mol. The summed E-state index contributed by atoms with van der Waals surface area (Å²) < 4.78 is 1.39. The Morgan fingerprint density at radius 1 is 1.04 bits per heavy atom. The summed E-state index contributed by atoms with van der Waals surface area (Å²) in [6, 6.07) is 10.3. The fraction of sp³-hybridized carbons (Fsp3) is 0.353. The molecular weight excluding hydrogens is 290 g/mol. The van der Waals surface area contributed by atoms with Gasteiger partial charge in [0.25, 0.3) is 0 Å². The summed E-state index contributed by atoms with van der Waals surface area (Å²) in [6.07, 6.45) is 3.95. The number of piperidine rings is 1. The smallest absolute Gasteiger partial charge is 0.149 e. The van der Waals surface area contributed by atoms with E-state index >= 15 is 0 Å². The molecular formula is C17H21N5O. The molecule has 2 aromatic rings. The second kappa shape index (κ2) is 6.64. The third-order valence-electron chi connectivity index (χ3n) is 4.06. The molecule has 0 aliphatic carbocycles. The van der Waals surface area contributed by atoms with Gasteiger partial charge in [-0.1, -0.05) is 12.1 Å². The van der Waals surface area contributed by atoms with Crippen LogP contribution in [0.5, 0.6) is 5.75 Å². The van der Waals surface area contributed by atoms with Crippen molar-refractivity contribution in [3.8, 4) is 5.75 Å². The van der Waals surface area contributed by atoms with Crippen LogP contribution in [0.15, 0.2) is 36.4 Å². The number of rotatable bonds is 3. The van der Waals surface area contributed by atoms with Crippen molar-refractivity contribution in [2.75, 3.05) is 18.0 Å². The van der Waals surface area contributed by atoms with E-state index in [1.165, 1.54) is 11.1 Å². The Labute approximate surface area is 135 Å². The van der Waals surface area contributed by atoms with Crippen LogP contribution in [0.3, 0.4) is 0 Å². The number of hydrogen-bond donors (Lipinski definition) is 3. The average molecular weight is 311 g/mol. The van der Waals surface area contributed by atoms with Crippen molar-refractivity contribution >= 4 is 11.7 Å². The number of anilines is 1. The van der Waals surface area contributed by atoms with E-state index in [-0.39, 0.29) is 17.1 Å². The summed E-state index contributed by atoms with van der Waals surface area (Å²) in [7, 11) is 0. The zero-order valence-electron chi connectivity index (χ0n) is 13.0. The van der Waals surface area contributed by atoms with Gasteiger partial charge in [0.05, 0.1) is 0 Å². The van der Waals surface area contributed by atoms with E-state index in [0.717, 1.165) is 37.3 Å². The highest BCUT2D eigenvalue weighted by molar-refractivity contribution is 5.82. The first kappa shape index (κ1) is 15.3. The molecule has 1 aromatic carbocycles. The van der Waals surface area contributed by atoms with Crippen LogP contribution in [-0.4, -0.2) is 33.8 Å². The Hall–Kier alpha value is -2.63. The van der Waals surface area contributed by atoms with Crippen LogP contribution in [0.1, 0.15) is 24.8 Å². The second-order valence-electron chi connectivity index (χ2n) is 5.83. The van der Waals surface area contributed by atoms with E-state index in [1.807, 2.05) is 6.07 Å². The second-order valence-corrected chi connectivity index (χ2v) is 5.83. The summed E-state index contributed by atoms with van der Waals surface area (Å²) in [4.78, 5) is 2.22. The molecule has 3 rings (SSSR count). The predicted molar refractivity (Wildman–Crippen MR) is 89.1 cm³/mol. The molecule has 3 N–H and O–H groups in total. The molecule has 120 valence electrons. The first-order chi connectivity index (χ1) is 11.1. The number of phenolic OH excluding ortho intramolecular Hbond substituents is 1. The Morgan fingerprint density at radius 2 is 1.74 bits per heavy atom. The van der Waals surface area contributed by atoms with Gasteiger partial charge in [-0.15, -0.1) is 5.10 Å². The molecule has 0 saturated carbocycles. The van der Waals surface area contributed by atoms with Gasteiger partial charge < -0.3 is 10.0 Å². The number of benzene rings is 1. The van der Waals surface area contributed by atoms with Crippen molar-refractivity contribution in [2.45, 2.75) is 25.7 Å². The van der Waals surface area contributed by atoms with Crippen molar-refractivity contribution in [1.29, 1.82) is 10.8 Å². The lowest BCUT2D eigenvalue weighted by atomic mass is 10.1. The van der Waals surface area contributed by atoms with Crippen LogP contribution in [-0.2, 0) is 6.42 Å². The first-order valence-electron chi connectivity index (χ1n) is 7.89. The minimum Gasteiger partial charge on any atom is -0.508 e. The van der Waals surface area contributed by atoms with Gasteiger partial charge >= 0.3 is 0 Å². The Morgan fingerprint density at radius 3 is 2.43 bits per heavy atom. The van der Waals surface area contributed by atoms with E-state index in [2.05, 4.69) is 10.00 Å². The normalized spacial score (nSPS) is 14.7. The minimum atomic E-state index is 0.203. The Bertz CT molecular complexity index is 744. The van der Waals surface area contributed by atoms with Gasteiger partial charge in [0.15, 0.2) is 0 Å². The number of nitrogens with zero attached hydrogens (tertiary/aromatic N) is 3. The fourth-order valence-corrected chi connectivity index (χ4v) is 2.79. The molecule has 0 spiro atoms. The maximum atomic E-state index is 9.33. The van der Waals surface area contributed by atoms with E-state index in [0.29, 0.717) is 6.42 Å². The predicted octanol–water partition coefficient (Wildman–Crippen LogP) is 2.13. The molecule has 0 atom stereocenters. The lowest BCUT2D eigenvalue weighted by Gasteiger charge is -2.27. The number of phenols is 1. The van der Waals surface area contributed by atoms with Gasteiger partial charge in [-0.25, -0.2) is 0 Å². The third-order valence-corrected chi connectivity index (χ3v) is 4.06. The Kier molecular flexibility index (Phi) is 4.41. The fourth-order valence-electron chi connectivity index (χ4n) is 2.79.